The van der Waals surface area contributed by atoms with Crippen molar-refractivity contribution in [2.45, 2.75) is 32.1 Å². The summed E-state index contributed by atoms with van der Waals surface area (Å²) >= 11 is 1.65. The molecule has 0 atom stereocenters. The Morgan fingerprint density at radius 2 is 2.04 bits per heavy atom. The minimum absolute atomic E-state index is 0.387. The number of fused-ring (bicyclic) bond motifs is 1. The van der Waals surface area contributed by atoms with Crippen molar-refractivity contribution >= 4 is 32.5 Å². The third-order valence-electron chi connectivity index (χ3n) is 4.51. The van der Waals surface area contributed by atoms with Crippen LogP contribution in [0.3, 0.4) is 0 Å². The molecule has 2 aromatic heterocycles. The predicted molar refractivity (Wildman–Crippen MR) is 101 cm³/mol. The van der Waals surface area contributed by atoms with E-state index in [0.717, 1.165) is 27.8 Å². The lowest BCUT2D eigenvalue weighted by molar-refractivity contribution is 0.373. The number of ether oxygens (including phenoxy) is 1. The molecular formula is C18H21N5OS. The molecule has 0 saturated heterocycles. The minimum atomic E-state index is 0.387. The highest BCUT2D eigenvalue weighted by atomic mass is 32.1. The summed E-state index contributed by atoms with van der Waals surface area (Å²) < 4.78 is 6.85. The Morgan fingerprint density at radius 3 is 2.88 bits per heavy atom. The summed E-state index contributed by atoms with van der Waals surface area (Å²) in [6.07, 6.45) is 8.17. The number of hydrogen-bond donors (Lipinski definition) is 2. The molecule has 0 unspecified atom stereocenters. The zero-order valence-electron chi connectivity index (χ0n) is 13.9. The molecule has 1 aromatic carbocycles. The van der Waals surface area contributed by atoms with Crippen molar-refractivity contribution in [1.82, 2.24) is 15.0 Å². The summed E-state index contributed by atoms with van der Waals surface area (Å²) in [5, 5.41) is 4.49. The van der Waals surface area contributed by atoms with Gasteiger partial charge in [0.25, 0.3) is 0 Å². The summed E-state index contributed by atoms with van der Waals surface area (Å²) in [6.45, 7) is 1.02. The van der Waals surface area contributed by atoms with Gasteiger partial charge in [0.2, 0.25) is 5.88 Å². The molecular weight excluding hydrogens is 334 g/mol. The predicted octanol–water partition coefficient (Wildman–Crippen LogP) is 4.45. The van der Waals surface area contributed by atoms with Crippen LogP contribution in [-0.4, -0.2) is 21.5 Å². The van der Waals surface area contributed by atoms with Gasteiger partial charge in [-0.15, -0.1) is 0 Å². The minimum Gasteiger partial charge on any atom is -0.439 e. The zero-order chi connectivity index (χ0) is 17.1. The third-order valence-corrected chi connectivity index (χ3v) is 5.49. The Kier molecular flexibility index (Phi) is 4.65. The van der Waals surface area contributed by atoms with Crippen LogP contribution in [0.2, 0.25) is 0 Å². The molecule has 130 valence electrons. The highest BCUT2D eigenvalue weighted by Crippen LogP contribution is 2.32. The highest BCUT2D eigenvalue weighted by Gasteiger charge is 2.14. The second-order valence-corrected chi connectivity index (χ2v) is 7.45. The molecule has 25 heavy (non-hydrogen) atoms. The van der Waals surface area contributed by atoms with Crippen LogP contribution in [0.4, 0.5) is 10.9 Å². The standard InChI is InChI=1S/C18H21N5OS/c19-16-9-17(22-11-21-16)24-13-6-7-14-15(8-13)25-18(23-14)20-10-12-4-2-1-3-5-12/h6-9,11-12H,1-5,10H2,(H,20,23)(H2,19,21,22). The smallest absolute Gasteiger partial charge is 0.224 e. The molecule has 0 aliphatic heterocycles. The number of nitrogens with one attached hydrogen (secondary N) is 1. The molecule has 0 spiro atoms. The maximum Gasteiger partial charge on any atom is 0.224 e. The van der Waals surface area contributed by atoms with Gasteiger partial charge in [-0.2, -0.15) is 0 Å². The Bertz CT molecular complexity index is 860. The molecule has 0 bridgehead atoms. The number of hydrogen-bond acceptors (Lipinski definition) is 7. The fraction of sp³-hybridized carbons (Fsp3) is 0.389. The van der Waals surface area contributed by atoms with E-state index >= 15 is 0 Å². The van der Waals surface area contributed by atoms with E-state index in [1.807, 2.05) is 18.2 Å². The molecule has 1 aliphatic rings. The van der Waals surface area contributed by atoms with Gasteiger partial charge in [-0.3, -0.25) is 0 Å². The summed E-state index contributed by atoms with van der Waals surface area (Å²) in [6, 6.07) is 7.45. The Labute approximate surface area is 150 Å². The number of anilines is 2. The Balaban J connectivity index is 1.45. The number of nitrogens with zero attached hydrogens (tertiary/aromatic N) is 3. The summed E-state index contributed by atoms with van der Waals surface area (Å²) in [7, 11) is 0. The van der Waals surface area contributed by atoms with E-state index in [-0.39, 0.29) is 0 Å². The van der Waals surface area contributed by atoms with Gasteiger partial charge in [-0.25, -0.2) is 15.0 Å². The highest BCUT2D eigenvalue weighted by molar-refractivity contribution is 7.22. The number of rotatable bonds is 5. The number of nitrogen functional groups attached to an aromatic ring is 1. The lowest BCUT2D eigenvalue weighted by Gasteiger charge is -2.21. The normalized spacial score (nSPS) is 15.4. The van der Waals surface area contributed by atoms with Crippen LogP contribution >= 0.6 is 11.3 Å². The SMILES string of the molecule is Nc1cc(Oc2ccc3nc(NCC4CCCCC4)sc3c2)ncn1. The first-order valence-corrected chi connectivity index (χ1v) is 9.48. The van der Waals surface area contributed by atoms with Crippen LogP contribution < -0.4 is 15.8 Å². The van der Waals surface area contributed by atoms with Crippen LogP contribution in [0.25, 0.3) is 10.2 Å². The van der Waals surface area contributed by atoms with Gasteiger partial charge in [-0.05, 0) is 30.9 Å². The lowest BCUT2D eigenvalue weighted by Crippen LogP contribution is -2.16. The molecule has 1 saturated carbocycles. The monoisotopic (exact) mass is 355 g/mol. The van der Waals surface area contributed by atoms with Crippen molar-refractivity contribution in [3.8, 4) is 11.6 Å². The number of thiazole rings is 1. The van der Waals surface area contributed by atoms with Crippen LogP contribution in [0, 0.1) is 5.92 Å². The maximum atomic E-state index is 5.76. The Hall–Kier alpha value is -2.41. The number of aromatic nitrogens is 3. The first-order chi connectivity index (χ1) is 12.3. The van der Waals surface area contributed by atoms with Crippen LogP contribution in [0.1, 0.15) is 32.1 Å². The van der Waals surface area contributed by atoms with Gasteiger partial charge in [0.05, 0.1) is 10.2 Å². The number of nitrogens with two attached hydrogens (primary N) is 1. The van der Waals surface area contributed by atoms with Crippen molar-refractivity contribution < 1.29 is 4.74 Å². The average Bonchev–Trinajstić information content (AvgIpc) is 3.03. The van der Waals surface area contributed by atoms with Gasteiger partial charge in [0.1, 0.15) is 17.9 Å². The van der Waals surface area contributed by atoms with Crippen LogP contribution in [0.5, 0.6) is 11.6 Å². The first kappa shape index (κ1) is 16.1. The van der Waals surface area contributed by atoms with Gasteiger partial charge in [-0.1, -0.05) is 30.6 Å². The molecule has 3 aromatic rings. The molecule has 4 rings (SSSR count). The van der Waals surface area contributed by atoms with Crippen molar-refractivity contribution in [2.75, 3.05) is 17.6 Å². The second kappa shape index (κ2) is 7.23. The largest absolute Gasteiger partial charge is 0.439 e. The van der Waals surface area contributed by atoms with Crippen molar-refractivity contribution in [3.63, 3.8) is 0 Å². The number of benzene rings is 1. The van der Waals surface area contributed by atoms with E-state index in [2.05, 4.69) is 20.3 Å². The zero-order valence-corrected chi connectivity index (χ0v) is 14.8. The van der Waals surface area contributed by atoms with Gasteiger partial charge >= 0.3 is 0 Å². The van der Waals surface area contributed by atoms with E-state index in [0.29, 0.717) is 17.4 Å². The van der Waals surface area contributed by atoms with Gasteiger partial charge in [0, 0.05) is 18.7 Å². The fourth-order valence-electron chi connectivity index (χ4n) is 3.20. The lowest BCUT2D eigenvalue weighted by atomic mass is 9.89. The van der Waals surface area contributed by atoms with E-state index in [9.17, 15) is 0 Å². The van der Waals surface area contributed by atoms with E-state index in [1.165, 1.54) is 38.4 Å². The molecule has 2 heterocycles. The molecule has 1 aliphatic carbocycles. The quantitative estimate of drug-likeness (QED) is 0.703. The molecule has 0 amide bonds. The van der Waals surface area contributed by atoms with Crippen molar-refractivity contribution in [3.05, 3.63) is 30.6 Å². The summed E-state index contributed by atoms with van der Waals surface area (Å²) in [5.74, 6) is 2.32. The maximum absolute atomic E-state index is 5.76. The summed E-state index contributed by atoms with van der Waals surface area (Å²) in [4.78, 5) is 12.6. The average molecular weight is 355 g/mol. The van der Waals surface area contributed by atoms with Gasteiger partial charge < -0.3 is 15.8 Å². The molecule has 3 N–H and O–H groups in total. The van der Waals surface area contributed by atoms with Crippen molar-refractivity contribution in [1.29, 1.82) is 0 Å². The van der Waals surface area contributed by atoms with E-state index < -0.39 is 0 Å². The molecule has 7 heteroatoms. The fourth-order valence-corrected chi connectivity index (χ4v) is 4.10. The van der Waals surface area contributed by atoms with Crippen LogP contribution in [-0.2, 0) is 0 Å². The van der Waals surface area contributed by atoms with Crippen LogP contribution in [0.15, 0.2) is 30.6 Å². The van der Waals surface area contributed by atoms with E-state index in [4.69, 9.17) is 10.5 Å². The molecule has 1 fully saturated rings. The van der Waals surface area contributed by atoms with E-state index in [1.54, 1.807) is 17.4 Å². The molecule has 6 nitrogen and oxygen atoms in total. The third kappa shape index (κ3) is 3.99. The topological polar surface area (TPSA) is 86.0 Å². The summed E-state index contributed by atoms with van der Waals surface area (Å²) in [5.41, 5.74) is 6.63. The Morgan fingerprint density at radius 1 is 1.16 bits per heavy atom. The van der Waals surface area contributed by atoms with Gasteiger partial charge in [0.15, 0.2) is 5.13 Å². The second-order valence-electron chi connectivity index (χ2n) is 6.42. The van der Waals surface area contributed by atoms with Crippen molar-refractivity contribution in [2.24, 2.45) is 5.92 Å². The molecule has 0 radical (unpaired) electrons. The first-order valence-electron chi connectivity index (χ1n) is 8.66.